The van der Waals surface area contributed by atoms with Crippen LogP contribution in [0.2, 0.25) is 0 Å². The summed E-state index contributed by atoms with van der Waals surface area (Å²) in [5.41, 5.74) is 2.03. The van der Waals surface area contributed by atoms with Gasteiger partial charge in [-0.15, -0.1) is 0 Å². The Morgan fingerprint density at radius 1 is 1.13 bits per heavy atom. The first-order chi connectivity index (χ1) is 14.4. The van der Waals surface area contributed by atoms with Gasteiger partial charge in [0.25, 0.3) is 5.91 Å². The molecule has 2 aromatic carbocycles. The lowest BCUT2D eigenvalue weighted by Crippen LogP contribution is -2.37. The Morgan fingerprint density at radius 2 is 1.83 bits per heavy atom. The third-order valence-electron chi connectivity index (χ3n) is 5.42. The third-order valence-corrected chi connectivity index (χ3v) is 5.42. The van der Waals surface area contributed by atoms with Gasteiger partial charge in [0.2, 0.25) is 5.91 Å². The second kappa shape index (κ2) is 9.57. The van der Waals surface area contributed by atoms with E-state index >= 15 is 0 Å². The predicted molar refractivity (Wildman–Crippen MR) is 115 cm³/mol. The second-order valence-electron chi connectivity index (χ2n) is 7.99. The van der Waals surface area contributed by atoms with E-state index < -0.39 is 5.92 Å². The van der Waals surface area contributed by atoms with Gasteiger partial charge in [0.15, 0.2) is 0 Å². The van der Waals surface area contributed by atoms with Crippen molar-refractivity contribution in [2.75, 3.05) is 19.0 Å². The van der Waals surface area contributed by atoms with Crippen LogP contribution in [0.15, 0.2) is 54.6 Å². The average Bonchev–Trinajstić information content (AvgIpc) is 3.49. The zero-order chi connectivity index (χ0) is 21.7. The molecule has 0 spiro atoms. The molecule has 6 nitrogen and oxygen atoms in total. The number of hydrogen-bond acceptors (Lipinski definition) is 4. The largest absolute Gasteiger partial charge is 0.469 e. The van der Waals surface area contributed by atoms with Crippen LogP contribution in [0.1, 0.15) is 36.2 Å². The molecule has 2 aromatic rings. The van der Waals surface area contributed by atoms with E-state index in [4.69, 9.17) is 4.74 Å². The van der Waals surface area contributed by atoms with Crippen LogP contribution >= 0.6 is 0 Å². The number of methoxy groups -OCH3 is 1. The Balaban J connectivity index is 1.78. The van der Waals surface area contributed by atoms with Crippen LogP contribution < -0.4 is 5.32 Å². The molecular weight excluding hydrogens is 380 g/mol. The van der Waals surface area contributed by atoms with Crippen molar-refractivity contribution in [3.05, 3.63) is 65.7 Å². The van der Waals surface area contributed by atoms with Crippen molar-refractivity contribution in [2.24, 2.45) is 17.8 Å². The summed E-state index contributed by atoms with van der Waals surface area (Å²) >= 11 is 0. The summed E-state index contributed by atoms with van der Waals surface area (Å²) in [4.78, 5) is 39.1. The number of hydrogen-bond donors (Lipinski definition) is 1. The zero-order valence-electron chi connectivity index (χ0n) is 17.6. The normalized spacial score (nSPS) is 18.2. The Labute approximate surface area is 177 Å². The highest BCUT2D eigenvalue weighted by Crippen LogP contribution is 2.38. The molecule has 1 aliphatic rings. The number of ether oxygens (including phenoxy) is 1. The van der Waals surface area contributed by atoms with Crippen LogP contribution in [0.25, 0.3) is 0 Å². The van der Waals surface area contributed by atoms with Crippen molar-refractivity contribution >= 4 is 23.5 Å². The monoisotopic (exact) mass is 408 g/mol. The Kier molecular flexibility index (Phi) is 6.87. The highest BCUT2D eigenvalue weighted by molar-refractivity contribution is 5.98. The van der Waals surface area contributed by atoms with E-state index in [1.807, 2.05) is 37.3 Å². The number of esters is 1. The third kappa shape index (κ3) is 5.47. The molecule has 158 valence electrons. The maximum Gasteiger partial charge on any atom is 0.310 e. The fourth-order valence-electron chi connectivity index (χ4n) is 3.46. The smallest absolute Gasteiger partial charge is 0.310 e. The minimum absolute atomic E-state index is 0.00689. The van der Waals surface area contributed by atoms with Crippen molar-refractivity contribution < 1.29 is 19.1 Å². The second-order valence-corrected chi connectivity index (χ2v) is 7.99. The Hall–Kier alpha value is -3.15. The molecule has 30 heavy (non-hydrogen) atoms. The van der Waals surface area contributed by atoms with Gasteiger partial charge in [0.05, 0.1) is 13.0 Å². The summed E-state index contributed by atoms with van der Waals surface area (Å²) < 4.78 is 4.82. The number of nitrogens with one attached hydrogen (secondary N) is 1. The van der Waals surface area contributed by atoms with E-state index in [1.54, 1.807) is 36.1 Å². The summed E-state index contributed by atoms with van der Waals surface area (Å²) in [5.74, 6) is -0.559. The molecule has 3 unspecified atom stereocenters. The van der Waals surface area contributed by atoms with E-state index in [1.165, 1.54) is 7.11 Å². The average molecular weight is 408 g/mol. The molecule has 0 heterocycles. The lowest BCUT2D eigenvalue weighted by molar-refractivity contribution is -0.145. The fourth-order valence-corrected chi connectivity index (χ4v) is 3.46. The van der Waals surface area contributed by atoms with Crippen LogP contribution in [-0.2, 0) is 20.9 Å². The van der Waals surface area contributed by atoms with E-state index in [-0.39, 0.29) is 30.2 Å². The molecule has 3 atom stereocenters. The van der Waals surface area contributed by atoms with E-state index in [9.17, 15) is 14.4 Å². The SMILES string of the molecule is COC(=O)C(C)CN(Cc1ccccc1)C(=O)c1cccc(NC(=O)C2CC2C)c1. The van der Waals surface area contributed by atoms with Gasteiger partial charge >= 0.3 is 5.97 Å². The number of nitrogens with zero attached hydrogens (tertiary/aromatic N) is 1. The van der Waals surface area contributed by atoms with Crippen molar-refractivity contribution in [3.63, 3.8) is 0 Å². The van der Waals surface area contributed by atoms with Crippen molar-refractivity contribution in [1.29, 1.82) is 0 Å². The Morgan fingerprint density at radius 3 is 2.47 bits per heavy atom. The number of carbonyl (C=O) groups is 3. The lowest BCUT2D eigenvalue weighted by atomic mass is 10.1. The molecule has 3 rings (SSSR count). The predicted octanol–water partition coefficient (Wildman–Crippen LogP) is 3.73. The van der Waals surface area contributed by atoms with Gasteiger partial charge in [0, 0.05) is 30.3 Å². The molecular formula is C24H28N2O4. The minimum atomic E-state index is -0.457. The molecule has 1 saturated carbocycles. The van der Waals surface area contributed by atoms with Gasteiger partial charge < -0.3 is 15.0 Å². The number of carbonyl (C=O) groups excluding carboxylic acids is 3. The number of amides is 2. The minimum Gasteiger partial charge on any atom is -0.469 e. The molecule has 0 aliphatic heterocycles. The number of rotatable bonds is 8. The van der Waals surface area contributed by atoms with E-state index in [0.29, 0.717) is 23.7 Å². The number of anilines is 1. The molecule has 0 radical (unpaired) electrons. The molecule has 1 fully saturated rings. The summed E-state index contributed by atoms with van der Waals surface area (Å²) in [5, 5.41) is 2.90. The molecule has 2 amide bonds. The maximum absolute atomic E-state index is 13.3. The first-order valence-corrected chi connectivity index (χ1v) is 10.2. The molecule has 1 N–H and O–H groups in total. The number of benzene rings is 2. The van der Waals surface area contributed by atoms with Crippen LogP contribution in [0, 0.1) is 17.8 Å². The molecule has 0 aromatic heterocycles. The van der Waals surface area contributed by atoms with E-state index in [2.05, 4.69) is 5.32 Å². The lowest BCUT2D eigenvalue weighted by Gasteiger charge is -2.25. The first-order valence-electron chi connectivity index (χ1n) is 10.2. The van der Waals surface area contributed by atoms with Crippen LogP contribution in [0.5, 0.6) is 0 Å². The summed E-state index contributed by atoms with van der Waals surface area (Å²) in [7, 11) is 1.34. The summed E-state index contributed by atoms with van der Waals surface area (Å²) in [6, 6.07) is 16.6. The molecule has 6 heteroatoms. The van der Waals surface area contributed by atoms with Gasteiger partial charge in [-0.2, -0.15) is 0 Å². The van der Waals surface area contributed by atoms with Gasteiger partial charge in [-0.25, -0.2) is 0 Å². The highest BCUT2D eigenvalue weighted by Gasteiger charge is 2.39. The van der Waals surface area contributed by atoms with Crippen molar-refractivity contribution in [2.45, 2.75) is 26.8 Å². The highest BCUT2D eigenvalue weighted by atomic mass is 16.5. The first kappa shape index (κ1) is 21.6. The summed E-state index contributed by atoms with van der Waals surface area (Å²) in [6.07, 6.45) is 0.903. The molecule has 0 bridgehead atoms. The molecule has 1 aliphatic carbocycles. The fraction of sp³-hybridized carbons (Fsp3) is 0.375. The maximum atomic E-state index is 13.3. The zero-order valence-corrected chi connectivity index (χ0v) is 17.6. The van der Waals surface area contributed by atoms with Gasteiger partial charge in [-0.1, -0.05) is 50.2 Å². The van der Waals surface area contributed by atoms with Gasteiger partial charge in [-0.05, 0) is 36.1 Å². The molecule has 0 saturated heterocycles. The van der Waals surface area contributed by atoms with Gasteiger partial charge in [0.1, 0.15) is 0 Å². The van der Waals surface area contributed by atoms with Gasteiger partial charge in [-0.3, -0.25) is 14.4 Å². The Bertz CT molecular complexity index is 912. The van der Waals surface area contributed by atoms with Crippen LogP contribution in [0.3, 0.4) is 0 Å². The van der Waals surface area contributed by atoms with E-state index in [0.717, 1.165) is 12.0 Å². The standard InChI is InChI=1S/C24H28N2O4/c1-16-12-21(16)22(27)25-20-11-7-10-19(13-20)23(28)26(14-17(2)24(29)30-3)15-18-8-5-4-6-9-18/h4-11,13,16-17,21H,12,14-15H2,1-3H3,(H,25,27). The summed E-state index contributed by atoms with van der Waals surface area (Å²) in [6.45, 7) is 4.40. The van der Waals surface area contributed by atoms with Crippen LogP contribution in [0.4, 0.5) is 5.69 Å². The quantitative estimate of drug-likeness (QED) is 0.676. The van der Waals surface area contributed by atoms with Crippen LogP contribution in [-0.4, -0.2) is 36.3 Å². The van der Waals surface area contributed by atoms with Crippen molar-refractivity contribution in [3.8, 4) is 0 Å². The van der Waals surface area contributed by atoms with Crippen molar-refractivity contribution in [1.82, 2.24) is 4.90 Å². The topological polar surface area (TPSA) is 75.7 Å².